The van der Waals surface area contributed by atoms with Gasteiger partial charge in [0, 0.05) is 6.42 Å². The molecule has 0 radical (unpaired) electrons. The Morgan fingerprint density at radius 2 is 1.64 bits per heavy atom. The fourth-order valence-electron chi connectivity index (χ4n) is 8.35. The lowest BCUT2D eigenvalue weighted by Gasteiger charge is -2.54. The summed E-state index contributed by atoms with van der Waals surface area (Å²) < 4.78 is 92.8. The van der Waals surface area contributed by atoms with Gasteiger partial charge in [0.25, 0.3) is 0 Å². The van der Waals surface area contributed by atoms with Crippen LogP contribution < -0.4 is 4.74 Å². The number of hydrogen-bond acceptors (Lipinski definition) is 5. The van der Waals surface area contributed by atoms with Gasteiger partial charge in [-0.2, -0.15) is 22.0 Å². The van der Waals surface area contributed by atoms with E-state index in [9.17, 15) is 40.6 Å². The van der Waals surface area contributed by atoms with Crippen LogP contribution in [-0.2, 0) is 16.3 Å². The maximum atomic E-state index is 13.0. The van der Waals surface area contributed by atoms with Gasteiger partial charge in [-0.25, -0.2) is 8.42 Å². The highest BCUT2D eigenvalue weighted by molar-refractivity contribution is 7.91. The van der Waals surface area contributed by atoms with Gasteiger partial charge in [-0.3, -0.25) is 0 Å². The van der Waals surface area contributed by atoms with Crippen LogP contribution in [-0.4, -0.2) is 54.9 Å². The molecule has 2 N–H and O–H groups in total. The molecule has 6 atom stereocenters. The van der Waals surface area contributed by atoms with Gasteiger partial charge in [0.05, 0.1) is 24.2 Å². The van der Waals surface area contributed by atoms with Crippen LogP contribution in [0.1, 0.15) is 93.2 Å². The van der Waals surface area contributed by atoms with E-state index in [1.165, 1.54) is 16.7 Å². The number of unbranched alkanes of at least 4 members (excludes halogenated alkanes) is 2. The lowest BCUT2D eigenvalue weighted by atomic mass is 9.51. The highest BCUT2D eigenvalue weighted by Crippen LogP contribution is 2.65. The predicted molar refractivity (Wildman–Crippen MR) is 162 cm³/mol. The Bertz CT molecular complexity index is 1430. The highest BCUT2D eigenvalue weighted by Gasteiger charge is 2.58. The van der Waals surface area contributed by atoms with Crippen molar-refractivity contribution < 1.29 is 45.3 Å². The summed E-state index contributed by atoms with van der Waals surface area (Å²) in [6.45, 7) is 2.61. The smallest absolute Gasteiger partial charge is 0.453 e. The summed E-state index contributed by atoms with van der Waals surface area (Å²) in [5, 5.41) is 21.2. The van der Waals surface area contributed by atoms with E-state index in [0.29, 0.717) is 43.0 Å². The van der Waals surface area contributed by atoms with E-state index in [1.54, 1.807) is 6.07 Å². The van der Waals surface area contributed by atoms with Gasteiger partial charge in [-0.15, -0.1) is 0 Å². The fourth-order valence-corrected chi connectivity index (χ4v) is 9.79. The van der Waals surface area contributed by atoms with Crippen molar-refractivity contribution in [3.05, 3.63) is 59.2 Å². The molecule has 45 heavy (non-hydrogen) atoms. The summed E-state index contributed by atoms with van der Waals surface area (Å²) >= 11 is 0. The molecule has 3 aliphatic carbocycles. The maximum absolute atomic E-state index is 13.0. The molecule has 0 aliphatic heterocycles. The zero-order chi connectivity index (χ0) is 32.6. The van der Waals surface area contributed by atoms with Crippen LogP contribution in [0.3, 0.4) is 0 Å². The van der Waals surface area contributed by atoms with Crippen molar-refractivity contribution >= 4 is 9.84 Å². The number of aryl methyl sites for hydroxylation is 1. The summed E-state index contributed by atoms with van der Waals surface area (Å²) in [5.41, 5.74) is 3.56. The van der Waals surface area contributed by atoms with E-state index in [-0.39, 0.29) is 35.4 Å². The van der Waals surface area contributed by atoms with Gasteiger partial charge >= 0.3 is 12.1 Å². The van der Waals surface area contributed by atoms with Crippen molar-refractivity contribution in [1.29, 1.82) is 0 Å². The monoisotopic (exact) mass is 658 g/mol. The first-order valence-electron chi connectivity index (χ1n) is 16.0. The quantitative estimate of drug-likeness (QED) is 0.179. The Morgan fingerprint density at radius 1 is 0.933 bits per heavy atom. The third kappa shape index (κ3) is 7.29. The Kier molecular flexibility index (Phi) is 9.81. The normalized spacial score (nSPS) is 28.3. The van der Waals surface area contributed by atoms with Crippen LogP contribution >= 0.6 is 0 Å². The number of fused-ring (bicyclic) bond motifs is 5. The van der Waals surface area contributed by atoms with E-state index >= 15 is 0 Å². The van der Waals surface area contributed by atoms with E-state index in [4.69, 9.17) is 4.74 Å². The van der Waals surface area contributed by atoms with E-state index in [1.807, 2.05) is 18.2 Å². The standard InChI is InChI=1S/C34H43F5O5S/c1-32-21-28(31-26-13-9-24(40)20-23(26)8-12-27(31)29(32)14-15-30(32)41)22-6-10-25(11-7-22)44-17-3-2-4-18-45(42,43)19-5-16-33(35,36)34(37,38)39/h6-7,9-11,13,20,27-31,40-41H,2-5,8,12,14-19,21H2,1H3/t27?,28?,29?,30?,31?,32-/m0/s1. The van der Waals surface area contributed by atoms with E-state index < -0.39 is 40.5 Å². The Hall–Kier alpha value is -2.40. The molecule has 0 spiro atoms. The van der Waals surface area contributed by atoms with Crippen molar-refractivity contribution in [3.63, 3.8) is 0 Å². The first-order valence-corrected chi connectivity index (χ1v) is 17.8. The molecule has 0 saturated heterocycles. The van der Waals surface area contributed by atoms with Crippen molar-refractivity contribution in [2.45, 2.75) is 101 Å². The second-order valence-electron chi connectivity index (χ2n) is 13.6. The number of sulfone groups is 1. The van der Waals surface area contributed by atoms with Gasteiger partial charge in [0.15, 0.2) is 0 Å². The average molecular weight is 659 g/mol. The number of ether oxygens (including phenoxy) is 1. The largest absolute Gasteiger partial charge is 0.508 e. The molecule has 2 saturated carbocycles. The van der Waals surface area contributed by atoms with Crippen LogP contribution in [0.25, 0.3) is 0 Å². The SMILES string of the molecule is C[C@]12CC(c3ccc(OCCCCCS(=O)(=O)CCCC(F)(F)C(F)(F)F)cc3)C3c4ccc(O)cc4CCC3C1CCC2O. The molecule has 5 unspecified atom stereocenters. The Morgan fingerprint density at radius 3 is 2.36 bits per heavy atom. The molecule has 0 heterocycles. The van der Waals surface area contributed by atoms with Crippen LogP contribution in [0.5, 0.6) is 11.5 Å². The summed E-state index contributed by atoms with van der Waals surface area (Å²) in [7, 11) is -3.72. The molecule has 2 fully saturated rings. The maximum Gasteiger partial charge on any atom is 0.453 e. The summed E-state index contributed by atoms with van der Waals surface area (Å²) in [6.07, 6.45) is -2.19. The second-order valence-corrected chi connectivity index (χ2v) is 15.9. The number of aromatic hydroxyl groups is 1. The highest BCUT2D eigenvalue weighted by atomic mass is 32.2. The first-order chi connectivity index (χ1) is 21.1. The minimum Gasteiger partial charge on any atom is -0.508 e. The molecule has 5 rings (SSSR count). The Balaban J connectivity index is 1.14. The second kappa shape index (κ2) is 13.0. The number of rotatable bonds is 12. The molecule has 3 aliphatic rings. The molecule has 2 aromatic rings. The number of alkyl halides is 5. The molecular formula is C34H43F5O5S. The van der Waals surface area contributed by atoms with Crippen molar-refractivity contribution in [3.8, 4) is 11.5 Å². The first kappa shape index (κ1) is 33.9. The van der Waals surface area contributed by atoms with Crippen LogP contribution in [0.2, 0.25) is 0 Å². The van der Waals surface area contributed by atoms with E-state index in [0.717, 1.165) is 32.1 Å². The molecule has 0 aromatic heterocycles. The van der Waals surface area contributed by atoms with Gasteiger partial charge in [-0.05, 0) is 128 Å². The lowest BCUT2D eigenvalue weighted by molar-refractivity contribution is -0.284. The minimum atomic E-state index is -5.68. The van der Waals surface area contributed by atoms with Gasteiger partial charge in [0.2, 0.25) is 0 Å². The van der Waals surface area contributed by atoms with Crippen molar-refractivity contribution in [2.24, 2.45) is 17.3 Å². The van der Waals surface area contributed by atoms with Crippen LogP contribution in [0.15, 0.2) is 42.5 Å². The Labute approximate surface area is 262 Å². The molecule has 5 nitrogen and oxygen atoms in total. The molecule has 11 heteroatoms. The van der Waals surface area contributed by atoms with Gasteiger partial charge in [-0.1, -0.05) is 25.1 Å². The molecule has 0 bridgehead atoms. The lowest BCUT2D eigenvalue weighted by Crippen LogP contribution is -2.47. The number of aliphatic hydroxyl groups is 1. The fraction of sp³-hybridized carbons (Fsp3) is 0.647. The topological polar surface area (TPSA) is 83.8 Å². The number of halogens is 5. The zero-order valence-electron chi connectivity index (χ0n) is 25.5. The van der Waals surface area contributed by atoms with Crippen LogP contribution in [0.4, 0.5) is 22.0 Å². The number of aliphatic hydroxyl groups excluding tert-OH is 1. The predicted octanol–water partition coefficient (Wildman–Crippen LogP) is 7.94. The third-order valence-corrected chi connectivity index (χ3v) is 12.5. The summed E-state index contributed by atoms with van der Waals surface area (Å²) in [5.74, 6) is -3.43. The van der Waals surface area contributed by atoms with Crippen LogP contribution in [0, 0.1) is 17.3 Å². The zero-order valence-corrected chi connectivity index (χ0v) is 26.4. The van der Waals surface area contributed by atoms with Crippen molar-refractivity contribution in [1.82, 2.24) is 0 Å². The average Bonchev–Trinajstić information content (AvgIpc) is 3.27. The molecule has 0 amide bonds. The minimum absolute atomic E-state index is 0.142. The molecule has 250 valence electrons. The summed E-state index contributed by atoms with van der Waals surface area (Å²) in [6, 6.07) is 13.8. The number of hydrogen-bond donors (Lipinski definition) is 2. The molecular weight excluding hydrogens is 615 g/mol. The number of phenolic OH excluding ortho intramolecular Hbond substituents is 1. The third-order valence-electron chi connectivity index (χ3n) is 10.7. The number of benzene rings is 2. The summed E-state index contributed by atoms with van der Waals surface area (Å²) in [4.78, 5) is 0. The van der Waals surface area contributed by atoms with Crippen molar-refractivity contribution in [2.75, 3.05) is 18.1 Å². The van der Waals surface area contributed by atoms with E-state index in [2.05, 4.69) is 25.1 Å². The number of phenols is 1. The van der Waals surface area contributed by atoms with Gasteiger partial charge in [0.1, 0.15) is 21.3 Å². The molecule has 2 aromatic carbocycles. The van der Waals surface area contributed by atoms with Gasteiger partial charge < -0.3 is 14.9 Å².